The Morgan fingerprint density at radius 1 is 1.20 bits per heavy atom. The Hall–Kier alpha value is -2.95. The molecule has 1 fully saturated rings. The first kappa shape index (κ1) is 20.3. The van der Waals surface area contributed by atoms with E-state index in [1.807, 2.05) is 55.6 Å². The number of hydrogen-bond acceptors (Lipinski definition) is 6. The number of thioether (sulfide) groups is 1. The van der Waals surface area contributed by atoms with Gasteiger partial charge in [0.2, 0.25) is 5.91 Å². The number of ether oxygens (including phenoxy) is 2. The molecule has 0 aromatic heterocycles. The van der Waals surface area contributed by atoms with E-state index in [1.54, 1.807) is 23.8 Å². The highest BCUT2D eigenvalue weighted by molar-refractivity contribution is 8.03. The summed E-state index contributed by atoms with van der Waals surface area (Å²) in [5.74, 6) is 1.75. The fraction of sp³-hybridized carbons (Fsp3) is 0.304. The van der Waals surface area contributed by atoms with Gasteiger partial charge >= 0.3 is 0 Å². The molecule has 6 nitrogen and oxygen atoms in total. The van der Waals surface area contributed by atoms with E-state index in [-0.39, 0.29) is 18.2 Å². The molecule has 0 spiro atoms. The maximum Gasteiger partial charge on any atom is 0.229 e. The van der Waals surface area contributed by atoms with Crippen LogP contribution in [0.3, 0.4) is 0 Å². The molecule has 0 bridgehead atoms. The topological polar surface area (TPSA) is 65.8 Å². The number of carbonyl (C=O) groups excluding carboxylic acids is 1. The zero-order valence-corrected chi connectivity index (χ0v) is 17.8. The second-order valence-corrected chi connectivity index (χ2v) is 8.30. The quantitative estimate of drug-likeness (QED) is 0.729. The molecule has 7 heteroatoms. The van der Waals surface area contributed by atoms with E-state index in [1.165, 1.54) is 0 Å². The van der Waals surface area contributed by atoms with E-state index in [0.29, 0.717) is 30.3 Å². The van der Waals surface area contributed by atoms with E-state index < -0.39 is 0 Å². The lowest BCUT2D eigenvalue weighted by Crippen LogP contribution is -2.45. The first-order chi connectivity index (χ1) is 14.6. The number of carbonyl (C=O) groups is 1. The first-order valence-corrected chi connectivity index (χ1v) is 10.7. The third-order valence-corrected chi connectivity index (χ3v) is 6.54. The van der Waals surface area contributed by atoms with Gasteiger partial charge in [0.15, 0.2) is 11.5 Å². The second kappa shape index (κ2) is 8.82. The molecule has 0 unspecified atom stereocenters. The number of allylic oxidation sites excluding steroid dienone is 1. The lowest BCUT2D eigenvalue weighted by Gasteiger charge is -2.40. The van der Waals surface area contributed by atoms with Crippen LogP contribution in [-0.4, -0.2) is 42.4 Å². The van der Waals surface area contributed by atoms with Gasteiger partial charge in [-0.05, 0) is 30.3 Å². The predicted octanol–water partition coefficient (Wildman–Crippen LogP) is 3.92. The summed E-state index contributed by atoms with van der Waals surface area (Å²) in [4.78, 5) is 16.6. The predicted molar refractivity (Wildman–Crippen MR) is 116 cm³/mol. The summed E-state index contributed by atoms with van der Waals surface area (Å²) >= 11 is 1.54. The van der Waals surface area contributed by atoms with Gasteiger partial charge in [0.1, 0.15) is 6.61 Å². The van der Waals surface area contributed by atoms with Crippen molar-refractivity contribution >= 4 is 17.7 Å². The van der Waals surface area contributed by atoms with E-state index >= 15 is 0 Å². The summed E-state index contributed by atoms with van der Waals surface area (Å²) in [5.41, 5.74) is 2.60. The molecule has 30 heavy (non-hydrogen) atoms. The van der Waals surface area contributed by atoms with E-state index in [4.69, 9.17) is 9.47 Å². The Labute approximate surface area is 180 Å². The Kier molecular flexibility index (Phi) is 5.98. The molecule has 2 aromatic rings. The van der Waals surface area contributed by atoms with Crippen molar-refractivity contribution in [1.29, 1.82) is 5.26 Å². The summed E-state index contributed by atoms with van der Waals surface area (Å²) in [5, 5.41) is 10.7. The molecule has 4 rings (SSSR count). The van der Waals surface area contributed by atoms with Crippen molar-refractivity contribution in [2.24, 2.45) is 0 Å². The molecule has 2 heterocycles. The van der Waals surface area contributed by atoms with Crippen LogP contribution < -0.4 is 9.47 Å². The Morgan fingerprint density at radius 2 is 2.00 bits per heavy atom. The minimum Gasteiger partial charge on any atom is -0.493 e. The minimum absolute atomic E-state index is 0.0384. The first-order valence-electron chi connectivity index (χ1n) is 9.71. The van der Waals surface area contributed by atoms with Gasteiger partial charge in [-0.15, -0.1) is 0 Å². The number of rotatable bonds is 5. The number of hydrogen-bond donors (Lipinski definition) is 0. The minimum atomic E-state index is -0.276. The molecule has 0 saturated carbocycles. The molecule has 2 aliphatic heterocycles. The van der Waals surface area contributed by atoms with Gasteiger partial charge < -0.3 is 9.47 Å². The molecule has 1 atom stereocenters. The third kappa shape index (κ3) is 4.02. The highest BCUT2D eigenvalue weighted by Gasteiger charge is 2.37. The van der Waals surface area contributed by atoms with E-state index in [2.05, 4.69) is 11.0 Å². The zero-order chi connectivity index (χ0) is 21.1. The molecule has 0 N–H and O–H groups in total. The number of nitrogens with zero attached hydrogens (tertiary/aromatic N) is 3. The van der Waals surface area contributed by atoms with Crippen molar-refractivity contribution in [2.45, 2.75) is 18.9 Å². The van der Waals surface area contributed by atoms with Crippen molar-refractivity contribution in [3.05, 3.63) is 70.3 Å². The van der Waals surface area contributed by atoms with Gasteiger partial charge in [-0.2, -0.15) is 5.26 Å². The van der Waals surface area contributed by atoms with Gasteiger partial charge in [-0.25, -0.2) is 0 Å². The van der Waals surface area contributed by atoms with Crippen LogP contribution >= 0.6 is 11.8 Å². The fourth-order valence-corrected chi connectivity index (χ4v) is 4.80. The van der Waals surface area contributed by atoms with Crippen molar-refractivity contribution < 1.29 is 14.3 Å². The molecular formula is C23H23N3O3S. The van der Waals surface area contributed by atoms with Gasteiger partial charge in [0.05, 0.1) is 36.3 Å². The monoisotopic (exact) mass is 421 g/mol. The standard InChI is InChI=1S/C23H23N3O3S/c1-25-14-26-22(27)11-18(19(12-24)23(26)30-15-25)17-8-9-20(21(10-17)28-2)29-13-16-6-4-3-5-7-16/h3-10,18H,11,13-15H2,1-2H3/t18-/m1/s1. The molecule has 2 aliphatic rings. The largest absolute Gasteiger partial charge is 0.493 e. The molecular weight excluding hydrogens is 398 g/mol. The maximum absolute atomic E-state index is 12.8. The number of amides is 1. The van der Waals surface area contributed by atoms with Crippen LogP contribution in [-0.2, 0) is 11.4 Å². The second-order valence-electron chi connectivity index (χ2n) is 7.36. The smallest absolute Gasteiger partial charge is 0.229 e. The SMILES string of the molecule is COc1cc([C@H]2CC(=O)N3CN(C)CSC3=C2C#N)ccc1OCc1ccccc1. The Morgan fingerprint density at radius 3 is 2.73 bits per heavy atom. The van der Waals surface area contributed by atoms with Crippen molar-refractivity contribution in [2.75, 3.05) is 26.7 Å². The van der Waals surface area contributed by atoms with Crippen LogP contribution in [0.1, 0.15) is 23.5 Å². The summed E-state index contributed by atoms with van der Waals surface area (Å²) in [6.07, 6.45) is 0.272. The maximum atomic E-state index is 12.8. The molecule has 1 amide bonds. The molecule has 0 aliphatic carbocycles. The van der Waals surface area contributed by atoms with Gasteiger partial charge in [-0.1, -0.05) is 48.2 Å². The number of methoxy groups -OCH3 is 1. The zero-order valence-electron chi connectivity index (χ0n) is 17.0. The number of fused-ring (bicyclic) bond motifs is 1. The van der Waals surface area contributed by atoms with Gasteiger partial charge in [0, 0.05) is 12.3 Å². The Balaban J connectivity index is 1.61. The van der Waals surface area contributed by atoms with Crippen LogP contribution in [0.15, 0.2) is 59.1 Å². The summed E-state index contributed by atoms with van der Waals surface area (Å²) in [6.45, 7) is 0.958. The number of benzene rings is 2. The van der Waals surface area contributed by atoms with Crippen LogP contribution in [0.2, 0.25) is 0 Å². The van der Waals surface area contributed by atoms with E-state index in [0.717, 1.165) is 22.0 Å². The van der Waals surface area contributed by atoms with Gasteiger partial charge in [-0.3, -0.25) is 14.6 Å². The van der Waals surface area contributed by atoms with Crippen LogP contribution in [0, 0.1) is 11.3 Å². The van der Waals surface area contributed by atoms with Gasteiger partial charge in [0.25, 0.3) is 0 Å². The lowest BCUT2D eigenvalue weighted by molar-refractivity contribution is -0.131. The Bertz CT molecular complexity index is 1020. The average molecular weight is 422 g/mol. The third-order valence-electron chi connectivity index (χ3n) is 5.26. The lowest BCUT2D eigenvalue weighted by atomic mass is 9.86. The average Bonchev–Trinajstić information content (AvgIpc) is 2.78. The van der Waals surface area contributed by atoms with Crippen molar-refractivity contribution in [1.82, 2.24) is 9.80 Å². The van der Waals surface area contributed by atoms with Crippen molar-refractivity contribution in [3.8, 4) is 17.6 Å². The normalized spacial score (nSPS) is 19.3. The van der Waals surface area contributed by atoms with Crippen molar-refractivity contribution in [3.63, 3.8) is 0 Å². The molecule has 154 valence electrons. The van der Waals surface area contributed by atoms with Crippen LogP contribution in [0.4, 0.5) is 0 Å². The highest BCUT2D eigenvalue weighted by atomic mass is 32.2. The number of nitriles is 1. The van der Waals surface area contributed by atoms with E-state index in [9.17, 15) is 10.1 Å². The molecule has 0 radical (unpaired) electrons. The molecule has 2 aromatic carbocycles. The summed E-state index contributed by atoms with van der Waals surface area (Å²) in [6, 6.07) is 17.9. The molecule has 1 saturated heterocycles. The summed E-state index contributed by atoms with van der Waals surface area (Å²) in [7, 11) is 3.56. The summed E-state index contributed by atoms with van der Waals surface area (Å²) < 4.78 is 11.5. The fourth-order valence-electron chi connectivity index (χ4n) is 3.71. The van der Waals surface area contributed by atoms with Crippen LogP contribution in [0.25, 0.3) is 0 Å². The van der Waals surface area contributed by atoms with Crippen LogP contribution in [0.5, 0.6) is 11.5 Å². The highest BCUT2D eigenvalue weighted by Crippen LogP contribution is 2.43.